The summed E-state index contributed by atoms with van der Waals surface area (Å²) in [6, 6.07) is -1.37. The van der Waals surface area contributed by atoms with Crippen molar-refractivity contribution in [2.45, 2.75) is 70.6 Å². The van der Waals surface area contributed by atoms with E-state index < -0.39 is 38.8 Å². The van der Waals surface area contributed by atoms with E-state index in [-0.39, 0.29) is 6.42 Å². The van der Waals surface area contributed by atoms with Crippen LogP contribution in [0.1, 0.15) is 59.3 Å². The van der Waals surface area contributed by atoms with Crippen LogP contribution in [-0.4, -0.2) is 42.4 Å². The van der Waals surface area contributed by atoms with Crippen molar-refractivity contribution in [2.24, 2.45) is 0 Å². The molecule has 0 radical (unpaired) electrons. The lowest BCUT2D eigenvalue weighted by Crippen LogP contribution is -2.46. The van der Waals surface area contributed by atoms with Crippen LogP contribution in [-0.2, 0) is 19.4 Å². The summed E-state index contributed by atoms with van der Waals surface area (Å²) >= 11 is 0. The molecule has 0 aliphatic carbocycles. The van der Waals surface area contributed by atoms with E-state index in [1.807, 2.05) is 13.8 Å². The Hall–Kier alpha value is -1.11. The third-order valence-corrected chi connectivity index (χ3v) is 5.52. The highest BCUT2D eigenvalue weighted by Gasteiger charge is 2.31. The number of carboxylic acids is 1. The maximum atomic E-state index is 12.4. The predicted molar refractivity (Wildman–Crippen MR) is 81.9 cm³/mol. The minimum absolute atomic E-state index is 0.192. The topological polar surface area (TPSA) is 101 Å². The summed E-state index contributed by atoms with van der Waals surface area (Å²) in [6.07, 6.45) is 3.26. The number of hydrogen-bond donors (Lipinski definition) is 2. The van der Waals surface area contributed by atoms with Crippen molar-refractivity contribution in [3.8, 4) is 0 Å². The molecule has 0 spiro atoms. The zero-order chi connectivity index (χ0) is 16.5. The molecule has 0 fully saturated rings. The van der Waals surface area contributed by atoms with Gasteiger partial charge < -0.3 is 10.4 Å². The van der Waals surface area contributed by atoms with Crippen LogP contribution in [0.2, 0.25) is 0 Å². The molecule has 21 heavy (non-hydrogen) atoms. The fourth-order valence-corrected chi connectivity index (χ4v) is 4.34. The first-order chi connectivity index (χ1) is 9.78. The Balaban J connectivity index is 4.95. The van der Waals surface area contributed by atoms with Gasteiger partial charge in [0.1, 0.15) is 6.04 Å². The van der Waals surface area contributed by atoms with Crippen molar-refractivity contribution in [1.29, 1.82) is 0 Å². The van der Waals surface area contributed by atoms with E-state index in [1.165, 1.54) is 0 Å². The van der Waals surface area contributed by atoms with E-state index in [1.54, 1.807) is 6.92 Å². The summed E-state index contributed by atoms with van der Waals surface area (Å²) in [5, 5.41) is 10.9. The lowest BCUT2D eigenvalue weighted by Gasteiger charge is -2.20. The van der Waals surface area contributed by atoms with Crippen LogP contribution in [0.4, 0.5) is 0 Å². The Bertz CT molecular complexity index is 427. The van der Waals surface area contributed by atoms with E-state index in [9.17, 15) is 18.0 Å². The Morgan fingerprint density at radius 1 is 1.05 bits per heavy atom. The van der Waals surface area contributed by atoms with E-state index in [4.69, 9.17) is 5.11 Å². The van der Waals surface area contributed by atoms with Crippen LogP contribution in [0.25, 0.3) is 0 Å². The fraction of sp³-hybridized carbons (Fsp3) is 0.857. The van der Waals surface area contributed by atoms with E-state index in [0.717, 1.165) is 12.8 Å². The summed E-state index contributed by atoms with van der Waals surface area (Å²) in [5.41, 5.74) is 0. The SMILES string of the molecule is CCCC(=O)N[C@H](CS(=O)(=O)C(CCC)CCC)C(=O)O. The molecule has 0 aromatic carbocycles. The van der Waals surface area contributed by atoms with Gasteiger partial charge in [-0.1, -0.05) is 33.6 Å². The van der Waals surface area contributed by atoms with Crippen molar-refractivity contribution < 1.29 is 23.1 Å². The molecular formula is C14H27NO5S. The highest BCUT2D eigenvalue weighted by atomic mass is 32.2. The Labute approximate surface area is 127 Å². The van der Waals surface area contributed by atoms with Crippen molar-refractivity contribution in [3.63, 3.8) is 0 Å². The first-order valence-electron chi connectivity index (χ1n) is 7.52. The van der Waals surface area contributed by atoms with Gasteiger partial charge in [-0.05, 0) is 19.3 Å². The third kappa shape index (κ3) is 7.45. The third-order valence-electron chi connectivity index (χ3n) is 3.24. The van der Waals surface area contributed by atoms with Crippen LogP contribution in [0.15, 0.2) is 0 Å². The zero-order valence-corrected chi connectivity index (χ0v) is 13.9. The number of aliphatic carboxylic acids is 1. The molecular weight excluding hydrogens is 294 g/mol. The lowest BCUT2D eigenvalue weighted by atomic mass is 10.2. The van der Waals surface area contributed by atoms with Crippen LogP contribution >= 0.6 is 0 Å². The summed E-state index contributed by atoms with van der Waals surface area (Å²) in [5.74, 6) is -2.28. The highest BCUT2D eigenvalue weighted by Crippen LogP contribution is 2.16. The standard InChI is InChI=1S/C14H27NO5S/c1-4-7-11(8-5-2)21(19,20)10-12(14(17)18)15-13(16)9-6-3/h11-12H,4-10H2,1-3H3,(H,15,16)(H,17,18)/t12-/m1/s1. The second-order valence-corrected chi connectivity index (χ2v) is 7.56. The zero-order valence-electron chi connectivity index (χ0n) is 13.1. The molecule has 0 aliphatic heterocycles. The second kappa shape index (κ2) is 9.76. The average Bonchev–Trinajstić information content (AvgIpc) is 2.37. The van der Waals surface area contributed by atoms with Gasteiger partial charge in [0.15, 0.2) is 9.84 Å². The molecule has 0 aromatic rings. The first kappa shape index (κ1) is 19.9. The molecule has 0 saturated carbocycles. The molecule has 6 nitrogen and oxygen atoms in total. The molecule has 124 valence electrons. The summed E-state index contributed by atoms with van der Waals surface area (Å²) < 4.78 is 24.7. The molecule has 0 unspecified atom stereocenters. The van der Waals surface area contributed by atoms with Gasteiger partial charge in [0, 0.05) is 6.42 Å². The summed E-state index contributed by atoms with van der Waals surface area (Å²) in [4.78, 5) is 22.7. The van der Waals surface area contributed by atoms with E-state index in [2.05, 4.69) is 5.32 Å². The Morgan fingerprint density at radius 3 is 1.95 bits per heavy atom. The maximum Gasteiger partial charge on any atom is 0.327 e. The molecule has 7 heteroatoms. The largest absolute Gasteiger partial charge is 0.480 e. The number of carbonyl (C=O) groups excluding carboxylic acids is 1. The van der Waals surface area contributed by atoms with E-state index in [0.29, 0.717) is 19.3 Å². The predicted octanol–water partition coefficient (Wildman–Crippen LogP) is 1.74. The summed E-state index contributed by atoms with van der Waals surface area (Å²) in [6.45, 7) is 5.59. The minimum Gasteiger partial charge on any atom is -0.480 e. The van der Waals surface area contributed by atoms with E-state index >= 15 is 0 Å². The molecule has 1 amide bonds. The van der Waals surface area contributed by atoms with Crippen molar-refractivity contribution >= 4 is 21.7 Å². The Morgan fingerprint density at radius 2 is 1.57 bits per heavy atom. The number of carbonyl (C=O) groups is 2. The van der Waals surface area contributed by atoms with Crippen LogP contribution in [0.3, 0.4) is 0 Å². The monoisotopic (exact) mass is 321 g/mol. The van der Waals surface area contributed by atoms with Gasteiger partial charge in [0.2, 0.25) is 5.91 Å². The fourth-order valence-electron chi connectivity index (χ4n) is 2.18. The molecule has 1 atom stereocenters. The quantitative estimate of drug-likeness (QED) is 0.603. The molecule has 0 heterocycles. The molecule has 2 N–H and O–H groups in total. The van der Waals surface area contributed by atoms with Gasteiger partial charge in [-0.25, -0.2) is 13.2 Å². The molecule has 0 saturated heterocycles. The van der Waals surface area contributed by atoms with Crippen molar-refractivity contribution in [3.05, 3.63) is 0 Å². The number of rotatable bonds is 11. The smallest absolute Gasteiger partial charge is 0.327 e. The van der Waals surface area contributed by atoms with Gasteiger partial charge >= 0.3 is 5.97 Å². The van der Waals surface area contributed by atoms with Gasteiger partial charge in [-0.15, -0.1) is 0 Å². The minimum atomic E-state index is -3.55. The van der Waals surface area contributed by atoms with Crippen LogP contribution in [0, 0.1) is 0 Å². The highest BCUT2D eigenvalue weighted by molar-refractivity contribution is 7.92. The Kier molecular flexibility index (Phi) is 9.24. The van der Waals surface area contributed by atoms with Crippen molar-refractivity contribution in [2.75, 3.05) is 5.75 Å². The normalized spacial score (nSPS) is 13.1. The van der Waals surface area contributed by atoms with Gasteiger partial charge in [0.25, 0.3) is 0 Å². The molecule has 0 aliphatic rings. The molecule has 0 rings (SSSR count). The number of carboxylic acid groups (broad SMARTS) is 1. The summed E-state index contributed by atoms with van der Waals surface area (Å²) in [7, 11) is -3.55. The van der Waals surface area contributed by atoms with Gasteiger partial charge in [-0.3, -0.25) is 4.79 Å². The number of hydrogen-bond acceptors (Lipinski definition) is 4. The molecule has 0 aromatic heterocycles. The van der Waals surface area contributed by atoms with Crippen LogP contribution in [0.5, 0.6) is 0 Å². The number of nitrogens with one attached hydrogen (secondary N) is 1. The lowest BCUT2D eigenvalue weighted by molar-refractivity contribution is -0.141. The number of sulfone groups is 1. The van der Waals surface area contributed by atoms with Gasteiger partial charge in [0.05, 0.1) is 11.0 Å². The average molecular weight is 321 g/mol. The first-order valence-corrected chi connectivity index (χ1v) is 9.23. The molecule has 0 bridgehead atoms. The maximum absolute atomic E-state index is 12.4. The van der Waals surface area contributed by atoms with Crippen molar-refractivity contribution in [1.82, 2.24) is 5.32 Å². The van der Waals surface area contributed by atoms with Crippen LogP contribution < -0.4 is 5.32 Å². The second-order valence-electron chi connectivity index (χ2n) is 5.24. The van der Waals surface area contributed by atoms with Gasteiger partial charge in [-0.2, -0.15) is 0 Å². The number of amides is 1.